The number of H-pyrrole nitrogens is 1. The Balaban J connectivity index is 2.30. The van der Waals surface area contributed by atoms with Gasteiger partial charge in [-0.2, -0.15) is 0 Å². The molecule has 5 nitrogen and oxygen atoms in total. The number of hydrogen-bond acceptors (Lipinski definition) is 3. The van der Waals surface area contributed by atoms with Gasteiger partial charge in [0.25, 0.3) is 0 Å². The third kappa shape index (κ3) is 2.45. The highest BCUT2D eigenvalue weighted by atomic mass is 16.4. The molecule has 0 bridgehead atoms. The lowest BCUT2D eigenvalue weighted by Gasteiger charge is -2.12. The smallest absolute Gasteiger partial charge is 0.311 e. The normalized spacial score (nSPS) is 12.8. The van der Waals surface area contributed by atoms with Gasteiger partial charge in [-0.05, 0) is 37.7 Å². The lowest BCUT2D eigenvalue weighted by Crippen LogP contribution is -2.18. The van der Waals surface area contributed by atoms with Gasteiger partial charge in [0.1, 0.15) is 0 Å². The highest BCUT2D eigenvalue weighted by molar-refractivity contribution is 5.80. The number of nitrogens with zero attached hydrogens (tertiary/aromatic N) is 1. The zero-order chi connectivity index (χ0) is 12.3. The number of carboxylic acid groups (broad SMARTS) is 1. The molecule has 0 fully saturated rings. The number of aliphatic carboxylic acids is 1. The number of aromatic nitrogens is 2. The van der Waals surface area contributed by atoms with Crippen molar-refractivity contribution in [1.29, 1.82) is 0 Å². The van der Waals surface area contributed by atoms with E-state index in [1.54, 1.807) is 6.33 Å². The minimum atomic E-state index is -0.792. The van der Waals surface area contributed by atoms with E-state index in [0.717, 1.165) is 16.6 Å². The molecule has 3 N–H and O–H groups in total. The van der Waals surface area contributed by atoms with Crippen molar-refractivity contribution in [3.63, 3.8) is 0 Å². The van der Waals surface area contributed by atoms with E-state index in [0.29, 0.717) is 13.0 Å². The number of hydrogen-bond donors (Lipinski definition) is 3. The lowest BCUT2D eigenvalue weighted by atomic mass is 9.95. The predicted molar refractivity (Wildman–Crippen MR) is 65.0 cm³/mol. The monoisotopic (exact) mass is 233 g/mol. The Morgan fingerprint density at radius 1 is 1.59 bits per heavy atom. The molecule has 0 aliphatic carbocycles. The molecule has 1 unspecified atom stereocenters. The molecule has 2 rings (SSSR count). The number of nitrogens with one attached hydrogen (secondary N) is 2. The average Bonchev–Trinajstić information content (AvgIpc) is 2.76. The molecule has 1 heterocycles. The number of carbonyl (C=O) groups is 1. The maximum atomic E-state index is 11.2. The van der Waals surface area contributed by atoms with Crippen LogP contribution in [0.4, 0.5) is 0 Å². The van der Waals surface area contributed by atoms with Gasteiger partial charge in [-0.3, -0.25) is 4.79 Å². The first-order valence-corrected chi connectivity index (χ1v) is 5.53. The summed E-state index contributed by atoms with van der Waals surface area (Å²) >= 11 is 0. The fourth-order valence-electron chi connectivity index (χ4n) is 1.89. The van der Waals surface area contributed by atoms with Crippen LogP contribution in [0.25, 0.3) is 11.0 Å². The Morgan fingerprint density at radius 2 is 2.41 bits per heavy atom. The summed E-state index contributed by atoms with van der Waals surface area (Å²) in [6.45, 7) is 0.679. The fourth-order valence-corrected chi connectivity index (χ4v) is 1.89. The number of fused-ring (bicyclic) bond motifs is 1. The Morgan fingerprint density at radius 3 is 3.12 bits per heavy atom. The number of rotatable bonds is 5. The first-order chi connectivity index (χ1) is 8.22. The largest absolute Gasteiger partial charge is 0.481 e. The fraction of sp³-hybridized carbons (Fsp3) is 0.333. The molecule has 0 aliphatic heterocycles. The molecule has 0 amide bonds. The van der Waals surface area contributed by atoms with E-state index in [4.69, 9.17) is 0 Å². The van der Waals surface area contributed by atoms with E-state index in [9.17, 15) is 9.90 Å². The predicted octanol–water partition coefficient (Wildman–Crippen LogP) is 1.34. The van der Waals surface area contributed by atoms with Crippen LogP contribution in [0, 0.1) is 0 Å². The Labute approximate surface area is 98.9 Å². The molecule has 2 aromatic rings. The molecule has 1 aromatic carbocycles. The van der Waals surface area contributed by atoms with Crippen molar-refractivity contribution in [3.8, 4) is 0 Å². The van der Waals surface area contributed by atoms with E-state index >= 15 is 0 Å². The van der Waals surface area contributed by atoms with E-state index in [1.807, 2.05) is 25.2 Å². The second kappa shape index (κ2) is 4.97. The van der Waals surface area contributed by atoms with Crippen molar-refractivity contribution in [1.82, 2.24) is 15.3 Å². The number of carboxylic acids is 1. The average molecular weight is 233 g/mol. The molecule has 0 saturated heterocycles. The van der Waals surface area contributed by atoms with E-state index in [1.165, 1.54) is 0 Å². The van der Waals surface area contributed by atoms with Crippen molar-refractivity contribution < 1.29 is 9.90 Å². The zero-order valence-electron chi connectivity index (χ0n) is 9.60. The molecule has 17 heavy (non-hydrogen) atoms. The van der Waals surface area contributed by atoms with Gasteiger partial charge in [-0.15, -0.1) is 0 Å². The van der Waals surface area contributed by atoms with Crippen molar-refractivity contribution in [2.45, 2.75) is 12.3 Å². The van der Waals surface area contributed by atoms with Crippen LogP contribution in [-0.2, 0) is 4.79 Å². The second-order valence-electron chi connectivity index (χ2n) is 3.96. The summed E-state index contributed by atoms with van der Waals surface area (Å²) in [5.74, 6) is -1.27. The summed E-state index contributed by atoms with van der Waals surface area (Å²) in [5.41, 5.74) is 2.54. The molecule has 5 heteroatoms. The highest BCUT2D eigenvalue weighted by Crippen LogP contribution is 2.22. The molecule has 90 valence electrons. The van der Waals surface area contributed by atoms with Crippen LogP contribution in [0.1, 0.15) is 17.9 Å². The van der Waals surface area contributed by atoms with Gasteiger partial charge in [-0.1, -0.05) is 6.07 Å². The summed E-state index contributed by atoms with van der Waals surface area (Å²) in [6, 6.07) is 5.53. The van der Waals surface area contributed by atoms with Gasteiger partial charge >= 0.3 is 5.97 Å². The maximum absolute atomic E-state index is 11.2. The summed E-state index contributed by atoms with van der Waals surface area (Å²) in [7, 11) is 1.82. The minimum absolute atomic E-state index is 0.477. The first-order valence-electron chi connectivity index (χ1n) is 5.53. The van der Waals surface area contributed by atoms with Crippen molar-refractivity contribution in [2.24, 2.45) is 0 Å². The number of imidazole rings is 1. The third-order valence-electron chi connectivity index (χ3n) is 2.83. The molecular weight excluding hydrogens is 218 g/mol. The molecule has 1 aromatic heterocycles. The lowest BCUT2D eigenvalue weighted by molar-refractivity contribution is -0.138. The van der Waals surface area contributed by atoms with Gasteiger partial charge < -0.3 is 15.4 Å². The van der Waals surface area contributed by atoms with E-state index in [2.05, 4.69) is 15.3 Å². The second-order valence-corrected chi connectivity index (χ2v) is 3.96. The van der Waals surface area contributed by atoms with Crippen LogP contribution < -0.4 is 5.32 Å². The van der Waals surface area contributed by atoms with Crippen molar-refractivity contribution in [2.75, 3.05) is 13.6 Å². The SMILES string of the molecule is CNCCC(C(=O)O)c1ccc2nc[nH]c2c1. The van der Waals surface area contributed by atoms with Crippen LogP contribution in [-0.4, -0.2) is 34.6 Å². The number of aromatic amines is 1. The maximum Gasteiger partial charge on any atom is 0.311 e. The molecule has 0 aliphatic rings. The van der Waals surface area contributed by atoms with Crippen molar-refractivity contribution in [3.05, 3.63) is 30.1 Å². The quantitative estimate of drug-likeness (QED) is 0.728. The molecule has 0 saturated carbocycles. The standard InChI is InChI=1S/C12H15N3O2/c1-13-5-4-9(12(16)17)8-2-3-10-11(6-8)15-7-14-10/h2-3,6-7,9,13H,4-5H2,1H3,(H,14,15)(H,16,17). The number of benzene rings is 1. The van der Waals surface area contributed by atoms with Crippen LogP contribution in [0.15, 0.2) is 24.5 Å². The van der Waals surface area contributed by atoms with Gasteiger partial charge in [-0.25, -0.2) is 4.98 Å². The summed E-state index contributed by atoms with van der Waals surface area (Å²) in [6.07, 6.45) is 2.18. The molecule has 0 spiro atoms. The summed E-state index contributed by atoms with van der Waals surface area (Å²) in [5, 5.41) is 12.2. The third-order valence-corrected chi connectivity index (χ3v) is 2.83. The van der Waals surface area contributed by atoms with Crippen LogP contribution in [0.2, 0.25) is 0 Å². The van der Waals surface area contributed by atoms with Gasteiger partial charge in [0.15, 0.2) is 0 Å². The Kier molecular flexibility index (Phi) is 3.39. The van der Waals surface area contributed by atoms with Gasteiger partial charge in [0, 0.05) is 0 Å². The zero-order valence-corrected chi connectivity index (χ0v) is 9.60. The van der Waals surface area contributed by atoms with Gasteiger partial charge in [0.2, 0.25) is 0 Å². The highest BCUT2D eigenvalue weighted by Gasteiger charge is 2.19. The summed E-state index contributed by atoms with van der Waals surface area (Å²) in [4.78, 5) is 18.3. The van der Waals surface area contributed by atoms with Crippen LogP contribution in [0.5, 0.6) is 0 Å². The van der Waals surface area contributed by atoms with Crippen molar-refractivity contribution >= 4 is 17.0 Å². The first kappa shape index (κ1) is 11.6. The Bertz CT molecular complexity index is 521. The van der Waals surface area contributed by atoms with Crippen LogP contribution >= 0.6 is 0 Å². The van der Waals surface area contributed by atoms with Gasteiger partial charge in [0.05, 0.1) is 23.3 Å². The molecule has 0 radical (unpaired) electrons. The van der Waals surface area contributed by atoms with E-state index < -0.39 is 11.9 Å². The topological polar surface area (TPSA) is 78.0 Å². The van der Waals surface area contributed by atoms with E-state index in [-0.39, 0.29) is 0 Å². The molecule has 1 atom stereocenters. The minimum Gasteiger partial charge on any atom is -0.481 e. The Hall–Kier alpha value is -1.88. The summed E-state index contributed by atoms with van der Waals surface area (Å²) < 4.78 is 0. The van der Waals surface area contributed by atoms with Crippen LogP contribution in [0.3, 0.4) is 0 Å². The molecular formula is C12H15N3O2.